The summed E-state index contributed by atoms with van der Waals surface area (Å²) < 4.78 is 0. The molecule has 1 aromatic carbocycles. The molecule has 0 aromatic heterocycles. The average molecular weight is 361 g/mol. The summed E-state index contributed by atoms with van der Waals surface area (Å²) in [5.74, 6) is -1.48. The minimum atomic E-state index is -0.898. The third-order valence-electron chi connectivity index (χ3n) is 4.89. The van der Waals surface area contributed by atoms with Crippen LogP contribution in [-0.4, -0.2) is 53.6 Å². The fraction of sp³-hybridized carbons (Fsp3) is 0.600. The molecule has 1 heterocycles. The van der Waals surface area contributed by atoms with Crippen molar-refractivity contribution in [1.82, 2.24) is 15.1 Å². The third kappa shape index (κ3) is 6.67. The number of likely N-dealkylation sites (tertiary alicyclic amines) is 1. The number of rotatable bonds is 7. The zero-order valence-electron chi connectivity index (χ0n) is 15.9. The molecule has 144 valence electrons. The molecule has 1 fully saturated rings. The highest BCUT2D eigenvalue weighted by molar-refractivity contribution is 5.75. The van der Waals surface area contributed by atoms with Gasteiger partial charge < -0.3 is 15.3 Å². The standard InChI is InChI=1S/C20H31N3O3/c1-16(19(24)25)14-22(2)20(26)21-13-17-7-9-18(10-8-17)15-23-11-5-3-4-6-12-23/h7-10,16H,3-6,11-15H2,1-2H3,(H,21,26)(H,24,25). The maximum absolute atomic E-state index is 12.1. The largest absolute Gasteiger partial charge is 0.481 e. The molecule has 2 N–H and O–H groups in total. The molecule has 0 radical (unpaired) electrons. The smallest absolute Gasteiger partial charge is 0.317 e. The summed E-state index contributed by atoms with van der Waals surface area (Å²) in [6.07, 6.45) is 5.26. The Kier molecular flexibility index (Phi) is 7.91. The van der Waals surface area contributed by atoms with Crippen molar-refractivity contribution in [2.75, 3.05) is 26.7 Å². The third-order valence-corrected chi connectivity index (χ3v) is 4.89. The van der Waals surface area contributed by atoms with Gasteiger partial charge in [-0.2, -0.15) is 0 Å². The zero-order valence-corrected chi connectivity index (χ0v) is 15.9. The number of urea groups is 1. The van der Waals surface area contributed by atoms with Crippen molar-refractivity contribution in [3.63, 3.8) is 0 Å². The van der Waals surface area contributed by atoms with E-state index in [0.717, 1.165) is 12.1 Å². The number of benzene rings is 1. The number of carbonyl (C=O) groups excluding carboxylic acids is 1. The monoisotopic (exact) mass is 361 g/mol. The van der Waals surface area contributed by atoms with Gasteiger partial charge in [0, 0.05) is 26.7 Å². The fourth-order valence-electron chi connectivity index (χ4n) is 3.20. The van der Waals surface area contributed by atoms with Crippen LogP contribution in [0.1, 0.15) is 43.7 Å². The van der Waals surface area contributed by atoms with Gasteiger partial charge in [-0.05, 0) is 37.1 Å². The Morgan fingerprint density at radius 1 is 1.12 bits per heavy atom. The highest BCUT2D eigenvalue weighted by Crippen LogP contribution is 2.14. The zero-order chi connectivity index (χ0) is 18.9. The molecule has 0 bridgehead atoms. The molecule has 1 saturated heterocycles. The van der Waals surface area contributed by atoms with Crippen molar-refractivity contribution in [2.45, 2.75) is 45.7 Å². The number of aliphatic carboxylic acids is 1. The van der Waals surface area contributed by atoms with Gasteiger partial charge in [0.05, 0.1) is 5.92 Å². The molecule has 2 amide bonds. The molecule has 2 rings (SSSR count). The molecule has 0 saturated carbocycles. The summed E-state index contributed by atoms with van der Waals surface area (Å²) in [6, 6.07) is 8.10. The van der Waals surface area contributed by atoms with Gasteiger partial charge in [-0.15, -0.1) is 0 Å². The number of hydrogen-bond acceptors (Lipinski definition) is 3. The van der Waals surface area contributed by atoms with Crippen molar-refractivity contribution in [3.05, 3.63) is 35.4 Å². The minimum Gasteiger partial charge on any atom is -0.481 e. The first-order valence-corrected chi connectivity index (χ1v) is 9.47. The summed E-state index contributed by atoms with van der Waals surface area (Å²) >= 11 is 0. The van der Waals surface area contributed by atoms with Crippen LogP contribution in [0.4, 0.5) is 4.79 Å². The lowest BCUT2D eigenvalue weighted by Gasteiger charge is -2.21. The number of amides is 2. The van der Waals surface area contributed by atoms with Crippen molar-refractivity contribution >= 4 is 12.0 Å². The predicted octanol–water partition coefficient (Wildman–Crippen LogP) is 2.92. The molecule has 1 atom stereocenters. The van der Waals surface area contributed by atoms with Crippen LogP contribution in [0.15, 0.2) is 24.3 Å². The number of carboxylic acids is 1. The summed E-state index contributed by atoms with van der Waals surface area (Å²) in [6.45, 7) is 5.57. The van der Waals surface area contributed by atoms with E-state index in [9.17, 15) is 9.59 Å². The van der Waals surface area contributed by atoms with Crippen LogP contribution in [-0.2, 0) is 17.9 Å². The Morgan fingerprint density at radius 2 is 1.69 bits per heavy atom. The van der Waals surface area contributed by atoms with E-state index in [1.54, 1.807) is 14.0 Å². The number of carboxylic acid groups (broad SMARTS) is 1. The summed E-state index contributed by atoms with van der Waals surface area (Å²) in [5, 5.41) is 11.8. The molecule has 1 aliphatic heterocycles. The first kappa shape index (κ1) is 20.2. The van der Waals surface area contributed by atoms with Crippen LogP contribution in [0.5, 0.6) is 0 Å². The molecule has 26 heavy (non-hydrogen) atoms. The van der Waals surface area contributed by atoms with E-state index in [1.807, 2.05) is 12.1 Å². The molecule has 1 aliphatic rings. The van der Waals surface area contributed by atoms with Gasteiger partial charge in [-0.1, -0.05) is 44.0 Å². The van der Waals surface area contributed by atoms with Crippen LogP contribution in [0, 0.1) is 5.92 Å². The van der Waals surface area contributed by atoms with Crippen LogP contribution < -0.4 is 5.32 Å². The molecule has 6 heteroatoms. The highest BCUT2D eigenvalue weighted by Gasteiger charge is 2.17. The Labute approximate surface area is 156 Å². The molecular weight excluding hydrogens is 330 g/mol. The van der Waals surface area contributed by atoms with E-state index in [1.165, 1.54) is 49.2 Å². The minimum absolute atomic E-state index is 0.190. The van der Waals surface area contributed by atoms with Crippen molar-refractivity contribution in [3.8, 4) is 0 Å². The summed E-state index contributed by atoms with van der Waals surface area (Å²) in [7, 11) is 1.61. The van der Waals surface area contributed by atoms with Gasteiger partial charge in [0.15, 0.2) is 0 Å². The van der Waals surface area contributed by atoms with Crippen molar-refractivity contribution in [1.29, 1.82) is 0 Å². The molecule has 6 nitrogen and oxygen atoms in total. The van der Waals surface area contributed by atoms with Crippen LogP contribution >= 0.6 is 0 Å². The van der Waals surface area contributed by atoms with Gasteiger partial charge in [0.2, 0.25) is 0 Å². The van der Waals surface area contributed by atoms with E-state index >= 15 is 0 Å². The number of nitrogens with one attached hydrogen (secondary N) is 1. The van der Waals surface area contributed by atoms with Gasteiger partial charge >= 0.3 is 12.0 Å². The lowest BCUT2D eigenvalue weighted by Crippen LogP contribution is -2.40. The second-order valence-corrected chi connectivity index (χ2v) is 7.29. The van der Waals surface area contributed by atoms with Gasteiger partial charge in [0.25, 0.3) is 0 Å². The lowest BCUT2D eigenvalue weighted by atomic mass is 10.1. The van der Waals surface area contributed by atoms with Gasteiger partial charge in [0.1, 0.15) is 0 Å². The average Bonchev–Trinajstić information content (AvgIpc) is 2.89. The summed E-state index contributed by atoms with van der Waals surface area (Å²) in [4.78, 5) is 26.8. The predicted molar refractivity (Wildman–Crippen MR) is 102 cm³/mol. The molecule has 1 unspecified atom stereocenters. The van der Waals surface area contributed by atoms with Crippen molar-refractivity contribution in [2.24, 2.45) is 5.92 Å². The maximum atomic E-state index is 12.1. The van der Waals surface area contributed by atoms with Crippen LogP contribution in [0.3, 0.4) is 0 Å². The second kappa shape index (κ2) is 10.2. The lowest BCUT2D eigenvalue weighted by molar-refractivity contribution is -0.141. The van der Waals surface area contributed by atoms with E-state index in [2.05, 4.69) is 22.3 Å². The van der Waals surface area contributed by atoms with Crippen LogP contribution in [0.25, 0.3) is 0 Å². The normalized spacial score (nSPS) is 16.5. The molecule has 0 spiro atoms. The van der Waals surface area contributed by atoms with E-state index in [4.69, 9.17) is 5.11 Å². The van der Waals surface area contributed by atoms with E-state index in [0.29, 0.717) is 6.54 Å². The second-order valence-electron chi connectivity index (χ2n) is 7.29. The van der Waals surface area contributed by atoms with E-state index in [-0.39, 0.29) is 12.6 Å². The van der Waals surface area contributed by atoms with Gasteiger partial charge in [-0.3, -0.25) is 9.69 Å². The van der Waals surface area contributed by atoms with Crippen LogP contribution in [0.2, 0.25) is 0 Å². The fourth-order valence-corrected chi connectivity index (χ4v) is 3.20. The Morgan fingerprint density at radius 3 is 2.27 bits per heavy atom. The quantitative estimate of drug-likeness (QED) is 0.783. The number of carbonyl (C=O) groups is 2. The first-order chi connectivity index (χ1) is 12.5. The SMILES string of the molecule is CC(CN(C)C(=O)NCc1ccc(CN2CCCCCC2)cc1)C(=O)O. The van der Waals surface area contributed by atoms with E-state index < -0.39 is 11.9 Å². The highest BCUT2D eigenvalue weighted by atomic mass is 16.4. The topological polar surface area (TPSA) is 72.9 Å². The molecular formula is C20H31N3O3. The molecule has 1 aromatic rings. The number of hydrogen-bond donors (Lipinski definition) is 2. The Hall–Kier alpha value is -2.08. The maximum Gasteiger partial charge on any atom is 0.317 e. The first-order valence-electron chi connectivity index (χ1n) is 9.47. The van der Waals surface area contributed by atoms with Gasteiger partial charge in [-0.25, -0.2) is 4.79 Å². The Balaban J connectivity index is 1.77. The number of nitrogens with zero attached hydrogens (tertiary/aromatic N) is 2. The van der Waals surface area contributed by atoms with Crippen molar-refractivity contribution < 1.29 is 14.7 Å². The Bertz CT molecular complexity index is 580. The summed E-state index contributed by atoms with van der Waals surface area (Å²) in [5.41, 5.74) is 2.34. The molecule has 0 aliphatic carbocycles.